The van der Waals surface area contributed by atoms with Gasteiger partial charge in [-0.3, -0.25) is 4.68 Å². The maximum Gasteiger partial charge on any atom is 0.241 e. The zero-order valence-electron chi connectivity index (χ0n) is 12.7. The molecule has 7 nitrogen and oxygen atoms in total. The molecule has 0 aliphatic heterocycles. The number of aromatic nitrogens is 2. The van der Waals surface area contributed by atoms with Crippen molar-refractivity contribution in [3.05, 3.63) is 11.4 Å². The third-order valence-corrected chi connectivity index (χ3v) is 6.04. The van der Waals surface area contributed by atoms with Crippen LogP contribution in [0.1, 0.15) is 38.6 Å². The van der Waals surface area contributed by atoms with Gasteiger partial charge in [0.25, 0.3) is 0 Å². The number of aryl methyl sites for hydroxylation is 2. The Morgan fingerprint density at radius 1 is 1.05 bits per heavy atom. The average molecular weight is 337 g/mol. The van der Waals surface area contributed by atoms with E-state index in [2.05, 4.69) is 5.10 Å². The molecule has 0 bridgehead atoms. The highest BCUT2D eigenvalue weighted by Gasteiger charge is 2.24. The van der Waals surface area contributed by atoms with Crippen LogP contribution in [-0.2, 0) is 39.2 Å². The summed E-state index contributed by atoms with van der Waals surface area (Å²) < 4.78 is 48.5. The quantitative estimate of drug-likeness (QED) is 0.741. The molecule has 1 heterocycles. The van der Waals surface area contributed by atoms with Crippen LogP contribution in [0, 0.1) is 0 Å². The highest BCUT2D eigenvalue weighted by atomic mass is 32.2. The van der Waals surface area contributed by atoms with Gasteiger partial charge in [0.2, 0.25) is 10.0 Å². The molecule has 0 unspecified atom stereocenters. The third-order valence-electron chi connectivity index (χ3n) is 3.16. The van der Waals surface area contributed by atoms with Crippen LogP contribution >= 0.6 is 0 Å². The smallest absolute Gasteiger partial charge is 0.241 e. The van der Waals surface area contributed by atoms with Crippen LogP contribution in [0.15, 0.2) is 4.90 Å². The van der Waals surface area contributed by atoms with E-state index >= 15 is 0 Å². The van der Waals surface area contributed by atoms with E-state index in [0.29, 0.717) is 30.7 Å². The summed E-state index contributed by atoms with van der Waals surface area (Å²) in [7, 11) is -7.01. The van der Waals surface area contributed by atoms with Gasteiger partial charge in [0.1, 0.15) is 4.90 Å². The second kappa shape index (κ2) is 6.89. The molecule has 0 aromatic carbocycles. The number of nitrogens with two attached hydrogens (primary N) is 1. The molecular formula is C12H23N3O4S2. The second-order valence-electron chi connectivity index (χ2n) is 4.85. The largest absolute Gasteiger partial charge is 0.267 e. The fourth-order valence-electron chi connectivity index (χ4n) is 2.26. The van der Waals surface area contributed by atoms with Crippen LogP contribution in [0.2, 0.25) is 0 Å². The molecule has 21 heavy (non-hydrogen) atoms. The first-order chi connectivity index (χ1) is 9.66. The highest BCUT2D eigenvalue weighted by molar-refractivity contribution is 7.91. The fourth-order valence-corrected chi connectivity index (χ4v) is 4.63. The summed E-state index contributed by atoms with van der Waals surface area (Å²) >= 11 is 0. The number of sulfonamides is 1. The summed E-state index contributed by atoms with van der Waals surface area (Å²) in [5, 5.41) is 9.48. The maximum atomic E-state index is 11.8. The molecule has 0 saturated carbocycles. The summed E-state index contributed by atoms with van der Waals surface area (Å²) in [6.45, 7) is 5.53. The first-order valence-corrected chi connectivity index (χ1v) is 10.3. The monoisotopic (exact) mass is 337 g/mol. The number of hydrogen-bond donors (Lipinski definition) is 1. The summed E-state index contributed by atoms with van der Waals surface area (Å²) in [6.07, 6.45) is 1.41. The van der Waals surface area contributed by atoms with E-state index in [4.69, 9.17) is 5.14 Å². The van der Waals surface area contributed by atoms with Crippen molar-refractivity contribution < 1.29 is 16.8 Å². The SMILES string of the molecule is CCCS(=O)(=O)CCn1nc(CC)c(S(N)(=O)=O)c1CC. The van der Waals surface area contributed by atoms with Crippen molar-refractivity contribution in [1.82, 2.24) is 9.78 Å². The predicted molar refractivity (Wildman–Crippen MR) is 81.3 cm³/mol. The topological polar surface area (TPSA) is 112 Å². The van der Waals surface area contributed by atoms with Crippen molar-refractivity contribution in [2.24, 2.45) is 5.14 Å². The van der Waals surface area contributed by atoms with Gasteiger partial charge in [0, 0.05) is 5.75 Å². The van der Waals surface area contributed by atoms with Gasteiger partial charge in [-0.2, -0.15) is 5.10 Å². The van der Waals surface area contributed by atoms with Gasteiger partial charge in [-0.05, 0) is 19.3 Å². The normalized spacial score (nSPS) is 12.8. The molecule has 0 radical (unpaired) electrons. The first kappa shape index (κ1) is 18.1. The van der Waals surface area contributed by atoms with Gasteiger partial charge < -0.3 is 0 Å². The second-order valence-corrected chi connectivity index (χ2v) is 8.65. The molecule has 1 rings (SSSR count). The van der Waals surface area contributed by atoms with E-state index in [-0.39, 0.29) is 22.9 Å². The minimum Gasteiger partial charge on any atom is -0.267 e. The average Bonchev–Trinajstić information content (AvgIpc) is 2.74. The molecule has 1 aromatic rings. The number of sulfone groups is 1. The zero-order valence-corrected chi connectivity index (χ0v) is 14.3. The lowest BCUT2D eigenvalue weighted by Gasteiger charge is -2.07. The Morgan fingerprint density at radius 2 is 1.67 bits per heavy atom. The van der Waals surface area contributed by atoms with Crippen LogP contribution in [0.4, 0.5) is 0 Å². The van der Waals surface area contributed by atoms with Crippen molar-refractivity contribution in [3.63, 3.8) is 0 Å². The Morgan fingerprint density at radius 3 is 2.10 bits per heavy atom. The van der Waals surface area contributed by atoms with Gasteiger partial charge in [0.05, 0.1) is 23.7 Å². The lowest BCUT2D eigenvalue weighted by molar-refractivity contribution is 0.570. The van der Waals surface area contributed by atoms with E-state index in [1.54, 1.807) is 20.8 Å². The summed E-state index contributed by atoms with van der Waals surface area (Å²) in [5.41, 5.74) is 0.864. The van der Waals surface area contributed by atoms with Crippen LogP contribution < -0.4 is 5.14 Å². The summed E-state index contributed by atoms with van der Waals surface area (Å²) in [5.74, 6) is 0.0706. The van der Waals surface area contributed by atoms with Crippen molar-refractivity contribution in [1.29, 1.82) is 0 Å². The molecule has 0 amide bonds. The van der Waals surface area contributed by atoms with Gasteiger partial charge >= 0.3 is 0 Å². The molecule has 0 saturated heterocycles. The van der Waals surface area contributed by atoms with E-state index in [0.717, 1.165) is 0 Å². The standard InChI is InChI=1S/C12H23N3O4S2/c1-4-8-20(16,17)9-7-15-11(6-3)12(21(13,18)19)10(5-2)14-15/h4-9H2,1-3H3,(H2,13,18,19). The number of rotatable bonds is 8. The van der Waals surface area contributed by atoms with Gasteiger partial charge in [-0.15, -0.1) is 0 Å². The van der Waals surface area contributed by atoms with Crippen LogP contribution in [-0.4, -0.2) is 38.1 Å². The molecule has 122 valence electrons. The Bertz CT molecular complexity index is 690. The molecule has 0 fully saturated rings. The van der Waals surface area contributed by atoms with Gasteiger partial charge in [-0.25, -0.2) is 22.0 Å². The lowest BCUT2D eigenvalue weighted by Crippen LogP contribution is -2.19. The van der Waals surface area contributed by atoms with Crippen LogP contribution in [0.5, 0.6) is 0 Å². The van der Waals surface area contributed by atoms with E-state index in [1.165, 1.54) is 4.68 Å². The number of hydrogen-bond acceptors (Lipinski definition) is 5. The van der Waals surface area contributed by atoms with Crippen molar-refractivity contribution >= 4 is 19.9 Å². The Kier molecular flexibility index (Phi) is 5.94. The molecule has 9 heteroatoms. The van der Waals surface area contributed by atoms with Crippen molar-refractivity contribution in [2.45, 2.75) is 51.5 Å². The van der Waals surface area contributed by atoms with Crippen molar-refractivity contribution in [3.8, 4) is 0 Å². The van der Waals surface area contributed by atoms with Crippen molar-refractivity contribution in [2.75, 3.05) is 11.5 Å². The molecule has 1 aromatic heterocycles. The van der Waals surface area contributed by atoms with E-state index in [9.17, 15) is 16.8 Å². The van der Waals surface area contributed by atoms with E-state index in [1.807, 2.05) is 0 Å². The number of primary sulfonamides is 1. The summed E-state index contributed by atoms with van der Waals surface area (Å²) in [6, 6.07) is 0. The van der Waals surface area contributed by atoms with Crippen LogP contribution in [0.25, 0.3) is 0 Å². The Labute approximate surface area is 126 Å². The summed E-state index contributed by atoms with van der Waals surface area (Å²) in [4.78, 5) is 0.0420. The zero-order chi connectivity index (χ0) is 16.3. The molecule has 0 atom stereocenters. The molecular weight excluding hydrogens is 314 g/mol. The van der Waals surface area contributed by atoms with Gasteiger partial charge in [0.15, 0.2) is 9.84 Å². The van der Waals surface area contributed by atoms with Crippen LogP contribution in [0.3, 0.4) is 0 Å². The molecule has 0 aliphatic rings. The number of nitrogens with zero attached hydrogens (tertiary/aromatic N) is 2. The maximum absolute atomic E-state index is 11.8. The highest BCUT2D eigenvalue weighted by Crippen LogP contribution is 2.20. The first-order valence-electron chi connectivity index (χ1n) is 6.98. The Hall–Kier alpha value is -0.930. The van der Waals surface area contributed by atoms with E-state index < -0.39 is 19.9 Å². The lowest BCUT2D eigenvalue weighted by atomic mass is 10.2. The molecule has 0 spiro atoms. The predicted octanol–water partition coefficient (Wildman–Crippen LogP) is 0.480. The fraction of sp³-hybridized carbons (Fsp3) is 0.750. The van der Waals surface area contributed by atoms with Gasteiger partial charge in [-0.1, -0.05) is 20.8 Å². The Balaban J connectivity index is 3.18. The third kappa shape index (κ3) is 4.52. The molecule has 0 aliphatic carbocycles. The minimum absolute atomic E-state index is 0.0420. The molecule has 2 N–H and O–H groups in total. The minimum atomic E-state index is -3.86.